The summed E-state index contributed by atoms with van der Waals surface area (Å²) in [4.78, 5) is 23.1. The minimum atomic E-state index is -2.00. The highest BCUT2D eigenvalue weighted by atomic mass is 28.4. The predicted molar refractivity (Wildman–Crippen MR) is 99.9 cm³/mol. The molecule has 0 spiro atoms. The van der Waals surface area contributed by atoms with Gasteiger partial charge in [0, 0.05) is 17.4 Å². The topological polar surface area (TPSA) is 43.4 Å². The molecule has 130 valence electrons. The molecular weight excluding hydrogens is 316 g/mol. The molecule has 0 saturated carbocycles. The van der Waals surface area contributed by atoms with Crippen LogP contribution in [0, 0.1) is 5.92 Å². The van der Waals surface area contributed by atoms with E-state index >= 15 is 0 Å². The van der Waals surface area contributed by atoms with Crippen LogP contribution in [0.25, 0.3) is 0 Å². The van der Waals surface area contributed by atoms with Crippen molar-refractivity contribution in [3.05, 3.63) is 41.5 Å². The summed E-state index contributed by atoms with van der Waals surface area (Å²) in [7, 11) is -2.00. The standard InChI is InChI=1S/C20H28O3Si/c1-20(2,3)24(4,5)23-18-12-7-6-11-17(18)19-15(13-21)9-8-10-16(19)14-22/h6-7,9,11-14,16,19H,8,10H2,1-5H3/t16-,19+/m0/s1. The molecule has 4 heteroatoms. The van der Waals surface area contributed by atoms with Crippen molar-refractivity contribution in [1.29, 1.82) is 0 Å². The van der Waals surface area contributed by atoms with Gasteiger partial charge in [-0.1, -0.05) is 45.0 Å². The number of para-hydroxylation sites is 1. The van der Waals surface area contributed by atoms with Crippen LogP contribution in [0.1, 0.15) is 45.1 Å². The van der Waals surface area contributed by atoms with Gasteiger partial charge in [-0.2, -0.15) is 0 Å². The van der Waals surface area contributed by atoms with E-state index < -0.39 is 8.32 Å². The first-order valence-corrected chi connectivity index (χ1v) is 11.5. The van der Waals surface area contributed by atoms with Crippen LogP contribution in [0.2, 0.25) is 18.1 Å². The molecule has 0 bridgehead atoms. The van der Waals surface area contributed by atoms with Crippen LogP contribution in [0.3, 0.4) is 0 Å². The van der Waals surface area contributed by atoms with E-state index in [2.05, 4.69) is 33.9 Å². The zero-order valence-electron chi connectivity index (χ0n) is 15.3. The number of benzene rings is 1. The van der Waals surface area contributed by atoms with E-state index in [1.807, 2.05) is 30.3 Å². The Morgan fingerprint density at radius 1 is 1.17 bits per heavy atom. The predicted octanol–water partition coefficient (Wildman–Crippen LogP) is 4.89. The number of hydrogen-bond acceptors (Lipinski definition) is 3. The maximum Gasteiger partial charge on any atom is 0.250 e. The average molecular weight is 345 g/mol. The maximum atomic E-state index is 11.6. The van der Waals surface area contributed by atoms with Crippen molar-refractivity contribution in [3.8, 4) is 5.75 Å². The van der Waals surface area contributed by atoms with E-state index in [4.69, 9.17) is 4.43 Å². The highest BCUT2D eigenvalue weighted by molar-refractivity contribution is 6.74. The first-order chi connectivity index (χ1) is 11.2. The highest BCUT2D eigenvalue weighted by Crippen LogP contribution is 2.44. The van der Waals surface area contributed by atoms with Gasteiger partial charge < -0.3 is 9.22 Å². The molecule has 0 unspecified atom stereocenters. The van der Waals surface area contributed by atoms with Crippen molar-refractivity contribution in [1.82, 2.24) is 0 Å². The van der Waals surface area contributed by atoms with Crippen molar-refractivity contribution < 1.29 is 14.0 Å². The number of carbonyl (C=O) groups excluding carboxylic acids is 2. The number of allylic oxidation sites excluding steroid dienone is 2. The third-order valence-corrected chi connectivity index (χ3v) is 9.75. The third kappa shape index (κ3) is 3.69. The zero-order valence-corrected chi connectivity index (χ0v) is 16.3. The second-order valence-corrected chi connectivity index (χ2v) is 12.8. The number of carbonyl (C=O) groups is 2. The first kappa shape index (κ1) is 18.7. The van der Waals surface area contributed by atoms with Crippen LogP contribution in [0.4, 0.5) is 0 Å². The Morgan fingerprint density at radius 3 is 2.42 bits per heavy atom. The molecule has 1 aliphatic carbocycles. The summed E-state index contributed by atoms with van der Waals surface area (Å²) < 4.78 is 6.52. The Hall–Kier alpha value is -1.68. The Balaban J connectivity index is 2.48. The molecule has 0 aromatic heterocycles. The SMILES string of the molecule is CC(C)(C)[Si](C)(C)Oc1ccccc1[C@@H]1C(C=O)=CCC[C@H]1C=O. The van der Waals surface area contributed by atoms with Crippen molar-refractivity contribution in [2.24, 2.45) is 5.92 Å². The lowest BCUT2D eigenvalue weighted by Crippen LogP contribution is -2.44. The monoisotopic (exact) mass is 344 g/mol. The zero-order chi connectivity index (χ0) is 18.0. The van der Waals surface area contributed by atoms with E-state index in [-0.39, 0.29) is 16.9 Å². The molecule has 0 heterocycles. The Kier molecular flexibility index (Phi) is 5.48. The quantitative estimate of drug-likeness (QED) is 0.564. The molecule has 24 heavy (non-hydrogen) atoms. The first-order valence-electron chi connectivity index (χ1n) is 8.59. The highest BCUT2D eigenvalue weighted by Gasteiger charge is 2.40. The van der Waals surface area contributed by atoms with Gasteiger partial charge in [-0.15, -0.1) is 0 Å². The van der Waals surface area contributed by atoms with Gasteiger partial charge in [0.25, 0.3) is 0 Å². The average Bonchev–Trinajstić information content (AvgIpc) is 2.53. The van der Waals surface area contributed by atoms with E-state index in [1.165, 1.54) is 0 Å². The summed E-state index contributed by atoms with van der Waals surface area (Å²) in [6, 6.07) is 7.86. The Labute approximate surface area is 146 Å². The van der Waals surface area contributed by atoms with Gasteiger partial charge >= 0.3 is 0 Å². The van der Waals surface area contributed by atoms with E-state index in [0.717, 1.165) is 36.7 Å². The third-order valence-electron chi connectivity index (χ3n) is 5.40. The fourth-order valence-electron chi connectivity index (χ4n) is 2.92. The van der Waals surface area contributed by atoms with Gasteiger partial charge in [0.1, 0.15) is 18.3 Å². The minimum Gasteiger partial charge on any atom is -0.543 e. The second kappa shape index (κ2) is 7.05. The summed E-state index contributed by atoms with van der Waals surface area (Å²) >= 11 is 0. The van der Waals surface area contributed by atoms with Gasteiger partial charge in [0.15, 0.2) is 0 Å². The van der Waals surface area contributed by atoms with Gasteiger partial charge in [-0.3, -0.25) is 4.79 Å². The summed E-state index contributed by atoms with van der Waals surface area (Å²) in [6.07, 6.45) is 5.40. The Morgan fingerprint density at radius 2 is 1.83 bits per heavy atom. The molecule has 2 atom stereocenters. The largest absolute Gasteiger partial charge is 0.543 e. The molecule has 1 aliphatic rings. The van der Waals surface area contributed by atoms with Gasteiger partial charge in [-0.25, -0.2) is 0 Å². The summed E-state index contributed by atoms with van der Waals surface area (Å²) in [5.74, 6) is 0.449. The van der Waals surface area contributed by atoms with Crippen LogP contribution in [-0.2, 0) is 9.59 Å². The Bertz CT molecular complexity index is 641. The van der Waals surface area contributed by atoms with Crippen molar-refractivity contribution in [2.45, 2.75) is 57.7 Å². The molecule has 3 nitrogen and oxygen atoms in total. The van der Waals surface area contributed by atoms with E-state index in [0.29, 0.717) is 5.57 Å². The maximum absolute atomic E-state index is 11.6. The van der Waals surface area contributed by atoms with Gasteiger partial charge in [0.05, 0.1) is 0 Å². The van der Waals surface area contributed by atoms with Crippen LogP contribution >= 0.6 is 0 Å². The minimum absolute atomic E-state index is 0.0834. The molecule has 0 N–H and O–H groups in total. The van der Waals surface area contributed by atoms with Crippen LogP contribution in [-0.4, -0.2) is 20.9 Å². The number of aldehydes is 2. The number of hydrogen-bond donors (Lipinski definition) is 0. The number of rotatable bonds is 5. The molecular formula is C20H28O3Si. The lowest BCUT2D eigenvalue weighted by molar-refractivity contribution is -0.112. The van der Waals surface area contributed by atoms with E-state index in [1.54, 1.807) is 0 Å². The summed E-state index contributed by atoms with van der Waals surface area (Å²) in [6.45, 7) is 11.0. The molecule has 2 rings (SSSR count). The summed E-state index contributed by atoms with van der Waals surface area (Å²) in [5.41, 5.74) is 1.65. The molecule has 0 saturated heterocycles. The van der Waals surface area contributed by atoms with Crippen molar-refractivity contribution in [2.75, 3.05) is 0 Å². The lowest BCUT2D eigenvalue weighted by atomic mass is 9.75. The molecule has 0 fully saturated rings. The molecule has 0 radical (unpaired) electrons. The van der Waals surface area contributed by atoms with Crippen LogP contribution in [0.5, 0.6) is 5.75 Å². The molecule has 0 amide bonds. The smallest absolute Gasteiger partial charge is 0.250 e. The van der Waals surface area contributed by atoms with Gasteiger partial charge in [0.2, 0.25) is 8.32 Å². The van der Waals surface area contributed by atoms with Crippen LogP contribution in [0.15, 0.2) is 35.9 Å². The van der Waals surface area contributed by atoms with Crippen LogP contribution < -0.4 is 4.43 Å². The molecule has 1 aromatic rings. The van der Waals surface area contributed by atoms with Crippen molar-refractivity contribution in [3.63, 3.8) is 0 Å². The fourth-order valence-corrected chi connectivity index (χ4v) is 3.96. The fraction of sp³-hybridized carbons (Fsp3) is 0.500. The second-order valence-electron chi connectivity index (χ2n) is 8.08. The van der Waals surface area contributed by atoms with E-state index in [9.17, 15) is 9.59 Å². The van der Waals surface area contributed by atoms with Crippen molar-refractivity contribution >= 4 is 20.9 Å². The molecule has 0 aliphatic heterocycles. The van der Waals surface area contributed by atoms with Gasteiger partial charge in [-0.05, 0) is 42.6 Å². The lowest BCUT2D eigenvalue weighted by Gasteiger charge is -2.38. The normalized spacial score (nSPS) is 21.8. The summed E-state index contributed by atoms with van der Waals surface area (Å²) in [5, 5.41) is 0.0834. The molecule has 1 aromatic carbocycles.